The molecule has 0 radical (unpaired) electrons. The summed E-state index contributed by atoms with van der Waals surface area (Å²) in [6.45, 7) is 0. The molecule has 0 bridgehead atoms. The van der Waals surface area contributed by atoms with E-state index in [9.17, 15) is 0 Å². The smallest absolute Gasteiger partial charge is 0.0714 e. The molecule has 1 aliphatic heterocycles. The molecular weight excluding hydrogens is 773 g/mol. The second-order valence-corrected chi connectivity index (χ2v) is 17.4. The molecule has 1 heterocycles. The van der Waals surface area contributed by atoms with Crippen LogP contribution in [0.4, 0.5) is 22.7 Å². The molecule has 10 aromatic rings. The summed E-state index contributed by atoms with van der Waals surface area (Å²) in [5, 5.41) is 2.49. The van der Waals surface area contributed by atoms with Crippen molar-refractivity contribution in [3.63, 3.8) is 0 Å². The Morgan fingerprint density at radius 3 is 1.77 bits per heavy atom. The van der Waals surface area contributed by atoms with Crippen LogP contribution < -0.4 is 4.90 Å². The molecule has 0 saturated carbocycles. The SMILES string of the molecule is c1ccc(-c2ccc(N(c3cccc4c3-c3ccccc3C4(c3ccccc3)c3ccccc3)c3cc4c(c5ccccc35)-c3cc(C5=Nc6ccccc6C5)ccc3C4)cc2)cc1. The van der Waals surface area contributed by atoms with E-state index < -0.39 is 5.41 Å². The van der Waals surface area contributed by atoms with E-state index in [0.29, 0.717) is 0 Å². The van der Waals surface area contributed by atoms with Gasteiger partial charge in [-0.1, -0.05) is 194 Å². The van der Waals surface area contributed by atoms with Gasteiger partial charge in [0.25, 0.3) is 0 Å². The van der Waals surface area contributed by atoms with E-state index in [2.05, 4.69) is 235 Å². The van der Waals surface area contributed by atoms with Crippen LogP contribution in [0.3, 0.4) is 0 Å². The topological polar surface area (TPSA) is 15.6 Å². The molecule has 0 fully saturated rings. The second kappa shape index (κ2) is 14.5. The fourth-order valence-electron chi connectivity index (χ4n) is 11.2. The van der Waals surface area contributed by atoms with Gasteiger partial charge in [-0.25, -0.2) is 0 Å². The van der Waals surface area contributed by atoms with Crippen molar-refractivity contribution in [2.45, 2.75) is 18.3 Å². The third kappa shape index (κ3) is 5.49. The fraction of sp³-hybridized carbons (Fsp3) is 0.0484. The largest absolute Gasteiger partial charge is 0.309 e. The molecule has 13 rings (SSSR count). The fourth-order valence-corrected chi connectivity index (χ4v) is 11.2. The van der Waals surface area contributed by atoms with Crippen molar-refractivity contribution in [1.82, 2.24) is 0 Å². The molecule has 64 heavy (non-hydrogen) atoms. The van der Waals surface area contributed by atoms with Crippen molar-refractivity contribution in [2.24, 2.45) is 4.99 Å². The van der Waals surface area contributed by atoms with E-state index >= 15 is 0 Å². The first-order chi connectivity index (χ1) is 31.7. The molecular formula is C62H42N2. The second-order valence-electron chi connectivity index (χ2n) is 17.4. The normalized spacial score (nSPS) is 13.7. The summed E-state index contributed by atoms with van der Waals surface area (Å²) in [7, 11) is 0. The molecule has 2 aliphatic carbocycles. The average Bonchev–Trinajstić information content (AvgIpc) is 4.06. The highest BCUT2D eigenvalue weighted by molar-refractivity contribution is 6.12. The van der Waals surface area contributed by atoms with Gasteiger partial charge in [-0.05, 0) is 121 Å². The number of rotatable bonds is 7. The number of nitrogens with zero attached hydrogens (tertiary/aromatic N) is 2. The highest BCUT2D eigenvalue weighted by atomic mass is 15.1. The summed E-state index contributed by atoms with van der Waals surface area (Å²) < 4.78 is 0. The maximum absolute atomic E-state index is 5.10. The van der Waals surface area contributed by atoms with Gasteiger partial charge in [0.15, 0.2) is 0 Å². The lowest BCUT2D eigenvalue weighted by molar-refractivity contribution is 0.768. The van der Waals surface area contributed by atoms with Gasteiger partial charge in [0.2, 0.25) is 0 Å². The summed E-state index contributed by atoms with van der Waals surface area (Å²) in [4.78, 5) is 7.65. The summed E-state index contributed by atoms with van der Waals surface area (Å²) in [5.41, 5.74) is 23.1. The molecule has 0 atom stereocenters. The Hall–Kier alpha value is -8.07. The van der Waals surface area contributed by atoms with Gasteiger partial charge in [0.1, 0.15) is 0 Å². The zero-order chi connectivity index (χ0) is 42.2. The molecule has 0 amide bonds. The van der Waals surface area contributed by atoms with E-state index in [1.807, 2.05) is 0 Å². The number of aliphatic imine (C=N–C) groups is 1. The van der Waals surface area contributed by atoms with Crippen LogP contribution in [0.15, 0.2) is 236 Å². The van der Waals surface area contributed by atoms with Crippen LogP contribution in [-0.2, 0) is 18.3 Å². The molecule has 10 aromatic carbocycles. The first kappa shape index (κ1) is 36.6. The van der Waals surface area contributed by atoms with Crippen molar-refractivity contribution in [3.05, 3.63) is 275 Å². The predicted octanol–water partition coefficient (Wildman–Crippen LogP) is 15.6. The molecule has 0 saturated heterocycles. The lowest BCUT2D eigenvalue weighted by Crippen LogP contribution is -2.28. The van der Waals surface area contributed by atoms with Crippen molar-refractivity contribution in [2.75, 3.05) is 4.90 Å². The van der Waals surface area contributed by atoms with Crippen molar-refractivity contribution in [1.29, 1.82) is 0 Å². The highest BCUT2D eigenvalue weighted by Crippen LogP contribution is 2.60. The lowest BCUT2D eigenvalue weighted by atomic mass is 9.68. The minimum atomic E-state index is -0.516. The van der Waals surface area contributed by atoms with Crippen LogP contribution in [0.5, 0.6) is 0 Å². The van der Waals surface area contributed by atoms with Crippen LogP contribution in [0.25, 0.3) is 44.2 Å². The van der Waals surface area contributed by atoms with Gasteiger partial charge in [0, 0.05) is 23.1 Å². The monoisotopic (exact) mass is 814 g/mol. The number of benzene rings is 10. The minimum absolute atomic E-state index is 0.516. The third-order valence-corrected chi connectivity index (χ3v) is 14.0. The molecule has 0 N–H and O–H groups in total. The number of para-hydroxylation sites is 1. The van der Waals surface area contributed by atoms with Crippen LogP contribution in [0.2, 0.25) is 0 Å². The van der Waals surface area contributed by atoms with Gasteiger partial charge in [-0.3, -0.25) is 4.99 Å². The summed E-state index contributed by atoms with van der Waals surface area (Å²) in [6.07, 6.45) is 1.73. The summed E-state index contributed by atoms with van der Waals surface area (Å²) >= 11 is 0. The van der Waals surface area contributed by atoms with E-state index in [-0.39, 0.29) is 0 Å². The van der Waals surface area contributed by atoms with Gasteiger partial charge >= 0.3 is 0 Å². The quantitative estimate of drug-likeness (QED) is 0.156. The Bertz CT molecular complexity index is 3440. The maximum Gasteiger partial charge on any atom is 0.0714 e. The molecule has 0 spiro atoms. The number of hydrogen-bond acceptors (Lipinski definition) is 2. The molecule has 2 nitrogen and oxygen atoms in total. The van der Waals surface area contributed by atoms with Gasteiger partial charge in [-0.15, -0.1) is 0 Å². The molecule has 300 valence electrons. The molecule has 0 aromatic heterocycles. The zero-order valence-corrected chi connectivity index (χ0v) is 35.2. The van der Waals surface area contributed by atoms with E-state index in [4.69, 9.17) is 4.99 Å². The van der Waals surface area contributed by atoms with Gasteiger partial charge in [0.05, 0.1) is 28.2 Å². The van der Waals surface area contributed by atoms with Crippen molar-refractivity contribution < 1.29 is 0 Å². The summed E-state index contributed by atoms with van der Waals surface area (Å²) in [6, 6.07) is 85.3. The van der Waals surface area contributed by atoms with Crippen LogP contribution >= 0.6 is 0 Å². The first-order valence-corrected chi connectivity index (χ1v) is 22.4. The van der Waals surface area contributed by atoms with Crippen molar-refractivity contribution in [3.8, 4) is 33.4 Å². The third-order valence-electron chi connectivity index (χ3n) is 14.0. The predicted molar refractivity (Wildman–Crippen MR) is 266 cm³/mol. The molecule has 2 heteroatoms. The Balaban J connectivity index is 1.05. The molecule has 3 aliphatic rings. The Kier molecular flexibility index (Phi) is 8.29. The van der Waals surface area contributed by atoms with Gasteiger partial charge < -0.3 is 4.90 Å². The van der Waals surface area contributed by atoms with Crippen molar-refractivity contribution >= 4 is 39.2 Å². The number of hydrogen-bond donors (Lipinski definition) is 0. The Morgan fingerprint density at radius 2 is 1.00 bits per heavy atom. The Labute approximate surface area is 374 Å². The Morgan fingerprint density at radius 1 is 0.375 bits per heavy atom. The average molecular weight is 815 g/mol. The number of fused-ring (bicyclic) bond motifs is 9. The number of anilines is 3. The van der Waals surface area contributed by atoms with Crippen LogP contribution in [0.1, 0.15) is 44.5 Å². The maximum atomic E-state index is 5.10. The minimum Gasteiger partial charge on any atom is -0.309 e. The first-order valence-electron chi connectivity index (χ1n) is 22.4. The highest BCUT2D eigenvalue weighted by Gasteiger charge is 2.47. The summed E-state index contributed by atoms with van der Waals surface area (Å²) in [5.74, 6) is 0. The standard InChI is InChI=1S/C62H42N2/c1-4-17-41(18-5-1)42-33-35-49(36-34-42)64(58-30-16-28-55-61(58)52-26-13-14-27-54(52)62(55,47-20-6-2-7-21-47)48-22-8-3-9-23-48)59-40-46-37-43-31-32-45(57-39-44-19-10-15-29-56(44)63-57)38-53(43)60(46)51-25-12-11-24-50(51)59/h1-36,38,40H,37,39H2. The zero-order valence-electron chi connectivity index (χ0n) is 35.2. The van der Waals surface area contributed by atoms with E-state index in [1.54, 1.807) is 0 Å². The van der Waals surface area contributed by atoms with Gasteiger partial charge in [-0.2, -0.15) is 0 Å². The lowest BCUT2D eigenvalue weighted by Gasteiger charge is -2.34. The van der Waals surface area contributed by atoms with Crippen LogP contribution in [-0.4, -0.2) is 5.71 Å². The van der Waals surface area contributed by atoms with E-state index in [1.165, 1.54) is 94.3 Å². The van der Waals surface area contributed by atoms with Crippen LogP contribution in [0, 0.1) is 0 Å². The van der Waals surface area contributed by atoms with E-state index in [0.717, 1.165) is 35.6 Å². The molecule has 0 unspecified atom stereocenters.